The number of guanidine groups is 1. The van der Waals surface area contributed by atoms with Gasteiger partial charge in [0.05, 0.1) is 17.3 Å². The largest absolute Gasteiger partial charge is 0.369 e. The fraction of sp³-hybridized carbons (Fsp3) is 0.316. The normalized spacial score (nSPS) is 21.8. The number of amides is 1. The Balaban J connectivity index is 2.08. The van der Waals surface area contributed by atoms with Crippen molar-refractivity contribution in [2.45, 2.75) is 26.3 Å². The number of hydrogen-bond donors (Lipinski definition) is 2. The van der Waals surface area contributed by atoms with E-state index in [1.165, 1.54) is 11.0 Å². The number of anilines is 2. The quantitative estimate of drug-likeness (QED) is 0.785. The van der Waals surface area contributed by atoms with Crippen molar-refractivity contribution in [1.29, 1.82) is 0 Å². The molecule has 0 fully saturated rings. The van der Waals surface area contributed by atoms with Gasteiger partial charge in [-0.25, -0.2) is 14.4 Å². The predicted octanol–water partition coefficient (Wildman–Crippen LogP) is 3.65. The van der Waals surface area contributed by atoms with Crippen LogP contribution < -0.4 is 11.1 Å². The Morgan fingerprint density at radius 1 is 1.19 bits per heavy atom. The Labute approximate surface area is 162 Å². The highest BCUT2D eigenvalue weighted by Crippen LogP contribution is 2.47. The lowest BCUT2D eigenvalue weighted by Gasteiger charge is -2.46. The lowest BCUT2D eigenvalue weighted by molar-refractivity contribution is -0.140. The van der Waals surface area contributed by atoms with Crippen LogP contribution in [0.3, 0.4) is 0 Å². The monoisotopic (exact) mass is 389 g/mol. The van der Waals surface area contributed by atoms with Crippen molar-refractivity contribution in [3.63, 3.8) is 0 Å². The van der Waals surface area contributed by atoms with Crippen LogP contribution in [0, 0.1) is 11.2 Å². The van der Waals surface area contributed by atoms with Crippen LogP contribution in [0.2, 0.25) is 5.15 Å². The van der Waals surface area contributed by atoms with Crippen LogP contribution in [0.15, 0.2) is 41.5 Å². The summed E-state index contributed by atoms with van der Waals surface area (Å²) in [4.78, 5) is 22.6. The number of rotatable bonds is 3. The molecule has 0 aliphatic carbocycles. The van der Waals surface area contributed by atoms with Crippen LogP contribution in [0.4, 0.5) is 15.8 Å². The van der Waals surface area contributed by atoms with Gasteiger partial charge in [-0.15, -0.1) is 0 Å². The summed E-state index contributed by atoms with van der Waals surface area (Å²) in [5.41, 5.74) is 5.38. The first-order chi connectivity index (χ1) is 12.6. The first-order valence-corrected chi connectivity index (χ1v) is 8.76. The summed E-state index contributed by atoms with van der Waals surface area (Å²) in [5, 5.41) is 3.53. The molecular formula is C19H21ClFN5O. The average molecular weight is 390 g/mol. The molecule has 27 heavy (non-hydrogen) atoms. The second kappa shape index (κ2) is 6.49. The second-order valence-corrected chi connectivity index (χ2v) is 7.61. The number of nitrogens with one attached hydrogen (secondary N) is 1. The highest BCUT2D eigenvalue weighted by atomic mass is 35.5. The number of pyridine rings is 1. The summed E-state index contributed by atoms with van der Waals surface area (Å²) >= 11 is 5.80. The number of nitrogens with two attached hydrogens (primary N) is 1. The molecule has 1 unspecified atom stereocenters. The van der Waals surface area contributed by atoms with Crippen LogP contribution in [-0.2, 0) is 10.3 Å². The molecule has 0 spiro atoms. The molecule has 1 aliphatic heterocycles. The first kappa shape index (κ1) is 19.1. The minimum atomic E-state index is -1.17. The summed E-state index contributed by atoms with van der Waals surface area (Å²) < 4.78 is 14.8. The average Bonchev–Trinajstić information content (AvgIpc) is 2.62. The van der Waals surface area contributed by atoms with Gasteiger partial charge in [0.15, 0.2) is 5.96 Å². The molecule has 0 saturated heterocycles. The minimum Gasteiger partial charge on any atom is -0.369 e. The van der Waals surface area contributed by atoms with E-state index in [-0.39, 0.29) is 17.4 Å². The summed E-state index contributed by atoms with van der Waals surface area (Å²) in [6, 6.07) is 8.00. The Morgan fingerprint density at radius 3 is 2.48 bits per heavy atom. The molecule has 3 N–H and O–H groups in total. The zero-order chi connectivity index (χ0) is 20.0. The van der Waals surface area contributed by atoms with Gasteiger partial charge in [-0.1, -0.05) is 11.6 Å². The predicted molar refractivity (Wildman–Crippen MR) is 104 cm³/mol. The summed E-state index contributed by atoms with van der Waals surface area (Å²) in [6.45, 7) is 5.20. The highest BCUT2D eigenvalue weighted by Gasteiger charge is 2.53. The zero-order valence-corrected chi connectivity index (χ0v) is 16.3. The van der Waals surface area contributed by atoms with Crippen LogP contribution in [0.5, 0.6) is 0 Å². The van der Waals surface area contributed by atoms with E-state index in [4.69, 9.17) is 17.3 Å². The third kappa shape index (κ3) is 3.12. The Bertz CT molecular complexity index is 928. The molecule has 1 atom stereocenters. The number of hydrogen-bond acceptors (Lipinski definition) is 5. The van der Waals surface area contributed by atoms with E-state index in [0.29, 0.717) is 16.5 Å². The molecule has 1 aromatic heterocycles. The Hall–Kier alpha value is -2.67. The van der Waals surface area contributed by atoms with Crippen LogP contribution in [0.1, 0.15) is 26.3 Å². The van der Waals surface area contributed by atoms with Gasteiger partial charge >= 0.3 is 0 Å². The van der Waals surface area contributed by atoms with E-state index < -0.39 is 16.8 Å². The third-order valence-corrected chi connectivity index (χ3v) is 5.47. The van der Waals surface area contributed by atoms with E-state index >= 15 is 0 Å². The van der Waals surface area contributed by atoms with Gasteiger partial charge in [0.1, 0.15) is 16.5 Å². The van der Waals surface area contributed by atoms with Gasteiger partial charge in [0.2, 0.25) is 5.91 Å². The van der Waals surface area contributed by atoms with Crippen molar-refractivity contribution >= 4 is 34.8 Å². The van der Waals surface area contributed by atoms with E-state index in [0.717, 1.165) is 0 Å². The molecular weight excluding hydrogens is 369 g/mol. The molecule has 1 aromatic carbocycles. The third-order valence-electron chi connectivity index (χ3n) is 5.24. The van der Waals surface area contributed by atoms with Gasteiger partial charge in [-0.3, -0.25) is 9.69 Å². The number of carbonyl (C=O) groups is 1. The Kier molecular flexibility index (Phi) is 4.59. The molecule has 1 amide bonds. The van der Waals surface area contributed by atoms with Crippen LogP contribution in [0.25, 0.3) is 0 Å². The summed E-state index contributed by atoms with van der Waals surface area (Å²) in [5.74, 6) is -0.627. The molecule has 2 aromatic rings. The second-order valence-electron chi connectivity index (χ2n) is 7.22. The zero-order valence-electron chi connectivity index (χ0n) is 15.5. The number of aliphatic imine (C=N–C) groups is 1. The minimum absolute atomic E-state index is 0.0569. The van der Waals surface area contributed by atoms with Gasteiger partial charge < -0.3 is 11.1 Å². The van der Waals surface area contributed by atoms with Crippen LogP contribution >= 0.6 is 11.6 Å². The van der Waals surface area contributed by atoms with Gasteiger partial charge in [-0.2, -0.15) is 0 Å². The van der Waals surface area contributed by atoms with Gasteiger partial charge in [-0.05, 0) is 51.1 Å². The van der Waals surface area contributed by atoms with Crippen molar-refractivity contribution in [3.05, 3.63) is 53.1 Å². The summed E-state index contributed by atoms with van der Waals surface area (Å²) in [7, 11) is 1.56. The number of nitrogens with zero attached hydrogens (tertiary/aromatic N) is 3. The smallest absolute Gasteiger partial charge is 0.237 e. The molecule has 0 radical (unpaired) electrons. The fourth-order valence-electron chi connectivity index (χ4n) is 3.16. The van der Waals surface area contributed by atoms with Crippen molar-refractivity contribution in [2.75, 3.05) is 12.4 Å². The topological polar surface area (TPSA) is 83.6 Å². The molecule has 1 aliphatic rings. The van der Waals surface area contributed by atoms with E-state index in [1.54, 1.807) is 58.3 Å². The number of aromatic nitrogens is 1. The standard InChI is InChI=1S/C19H21ClFN5O/c1-18(2)16(27)26(4)17(22)25-19(18,3)13-9-11(5-7-14(13)21)24-12-6-8-15(20)23-10-12/h5-10,24H,1-4H3,(H2,22,25). The van der Waals surface area contributed by atoms with Gasteiger partial charge in [0.25, 0.3) is 0 Å². The first-order valence-electron chi connectivity index (χ1n) is 8.38. The van der Waals surface area contributed by atoms with E-state index in [2.05, 4.69) is 15.3 Å². The molecule has 0 saturated carbocycles. The van der Waals surface area contributed by atoms with Crippen molar-refractivity contribution in [2.24, 2.45) is 16.1 Å². The molecule has 8 heteroatoms. The van der Waals surface area contributed by atoms with Crippen LogP contribution in [-0.4, -0.2) is 28.8 Å². The van der Waals surface area contributed by atoms with Crippen molar-refractivity contribution < 1.29 is 9.18 Å². The summed E-state index contributed by atoms with van der Waals surface area (Å²) in [6.07, 6.45) is 1.58. The highest BCUT2D eigenvalue weighted by molar-refractivity contribution is 6.29. The molecule has 3 rings (SSSR count). The molecule has 142 valence electrons. The maximum atomic E-state index is 14.8. The number of carbonyl (C=O) groups excluding carboxylic acids is 1. The molecule has 6 nitrogen and oxygen atoms in total. The SMILES string of the molecule is CN1C(=O)C(C)(C)C(C)(c2cc(Nc3ccc(Cl)nc3)ccc2F)N=C1N. The lowest BCUT2D eigenvalue weighted by atomic mass is 9.67. The van der Waals surface area contributed by atoms with Crippen molar-refractivity contribution in [1.82, 2.24) is 9.88 Å². The molecule has 0 bridgehead atoms. The van der Waals surface area contributed by atoms with E-state index in [9.17, 15) is 9.18 Å². The maximum Gasteiger partial charge on any atom is 0.237 e. The number of halogens is 2. The molecule has 2 heterocycles. The number of benzene rings is 1. The van der Waals surface area contributed by atoms with E-state index in [1.807, 2.05) is 0 Å². The fourth-order valence-corrected chi connectivity index (χ4v) is 3.28. The lowest BCUT2D eigenvalue weighted by Crippen LogP contribution is -2.58. The van der Waals surface area contributed by atoms with Gasteiger partial charge in [0, 0.05) is 18.3 Å². The maximum absolute atomic E-state index is 14.8. The van der Waals surface area contributed by atoms with Crippen molar-refractivity contribution in [3.8, 4) is 0 Å². The Morgan fingerprint density at radius 2 is 1.85 bits per heavy atom.